The van der Waals surface area contributed by atoms with Gasteiger partial charge in [0.1, 0.15) is 4.60 Å². The number of nitrogens with zero attached hydrogens (tertiary/aromatic N) is 1. The van der Waals surface area contributed by atoms with Crippen molar-refractivity contribution in [3.8, 4) is 0 Å². The number of aromatic nitrogens is 1. The monoisotopic (exact) mass is 297 g/mol. The van der Waals surface area contributed by atoms with E-state index in [0.29, 0.717) is 0 Å². The predicted molar refractivity (Wildman–Crippen MR) is 72.7 cm³/mol. The Hall–Kier alpha value is -1.07. The van der Waals surface area contributed by atoms with Gasteiger partial charge in [-0.3, -0.25) is 0 Å². The maximum Gasteiger partial charge on any atom is 0.109 e. The van der Waals surface area contributed by atoms with Gasteiger partial charge in [-0.15, -0.1) is 11.3 Å². The molecule has 0 saturated carbocycles. The van der Waals surface area contributed by atoms with Crippen molar-refractivity contribution in [1.82, 2.24) is 4.98 Å². The minimum absolute atomic E-state index is 0.742. The zero-order chi connectivity index (χ0) is 11.5. The molecule has 2 rings (SSSR count). The summed E-state index contributed by atoms with van der Waals surface area (Å²) in [6.45, 7) is 2.76. The zero-order valence-electron chi connectivity index (χ0n) is 8.83. The predicted octanol–water partition coefficient (Wildman–Crippen LogP) is 3.41. The van der Waals surface area contributed by atoms with E-state index in [2.05, 4.69) is 32.3 Å². The third-order valence-corrected chi connectivity index (χ3v) is 4.01. The first-order chi connectivity index (χ1) is 7.66. The van der Waals surface area contributed by atoms with Crippen LogP contribution in [0.25, 0.3) is 0 Å². The molecule has 0 aliphatic carbocycles. The summed E-state index contributed by atoms with van der Waals surface area (Å²) in [6, 6.07) is 3.98. The van der Waals surface area contributed by atoms with Crippen LogP contribution in [-0.4, -0.2) is 4.98 Å². The average Bonchev–Trinajstić information content (AvgIpc) is 2.66. The number of hydrogen-bond donors (Lipinski definition) is 2. The van der Waals surface area contributed by atoms with Gasteiger partial charge in [0, 0.05) is 10.6 Å². The highest BCUT2D eigenvalue weighted by Crippen LogP contribution is 2.21. The maximum absolute atomic E-state index is 5.81. The van der Waals surface area contributed by atoms with E-state index < -0.39 is 0 Å². The van der Waals surface area contributed by atoms with Crippen LogP contribution in [-0.2, 0) is 6.54 Å². The van der Waals surface area contributed by atoms with E-state index in [9.17, 15) is 0 Å². The number of hydrogen-bond acceptors (Lipinski definition) is 4. The van der Waals surface area contributed by atoms with Crippen molar-refractivity contribution in [3.05, 3.63) is 38.8 Å². The average molecular weight is 298 g/mol. The molecular formula is C11H12BrN3S. The highest BCUT2D eigenvalue weighted by molar-refractivity contribution is 9.10. The summed E-state index contributed by atoms with van der Waals surface area (Å²) in [5.74, 6) is 0. The van der Waals surface area contributed by atoms with Gasteiger partial charge in [0.2, 0.25) is 0 Å². The van der Waals surface area contributed by atoms with E-state index in [1.54, 1.807) is 17.5 Å². The normalized spacial score (nSPS) is 10.4. The zero-order valence-corrected chi connectivity index (χ0v) is 11.2. The van der Waals surface area contributed by atoms with Crippen LogP contribution in [0, 0.1) is 6.92 Å². The van der Waals surface area contributed by atoms with E-state index in [-0.39, 0.29) is 0 Å². The summed E-state index contributed by atoms with van der Waals surface area (Å²) in [6.07, 6.45) is 1.81. The van der Waals surface area contributed by atoms with Gasteiger partial charge in [-0.2, -0.15) is 0 Å². The summed E-state index contributed by atoms with van der Waals surface area (Å²) in [4.78, 5) is 5.38. The van der Waals surface area contributed by atoms with Crippen LogP contribution in [0.1, 0.15) is 10.4 Å². The number of anilines is 2. The van der Waals surface area contributed by atoms with Crippen molar-refractivity contribution in [3.63, 3.8) is 0 Å². The molecule has 0 amide bonds. The Balaban J connectivity index is 2.05. The Morgan fingerprint density at radius 3 is 3.00 bits per heavy atom. The lowest BCUT2D eigenvalue weighted by atomic mass is 10.3. The van der Waals surface area contributed by atoms with Gasteiger partial charge in [0.25, 0.3) is 0 Å². The number of nitrogens with one attached hydrogen (secondary N) is 1. The van der Waals surface area contributed by atoms with Crippen LogP contribution in [0.3, 0.4) is 0 Å². The molecule has 0 aromatic carbocycles. The SMILES string of the molecule is Cc1cc(NCc2sccc2N)cnc1Br. The van der Waals surface area contributed by atoms with Crippen molar-refractivity contribution in [2.75, 3.05) is 11.1 Å². The van der Waals surface area contributed by atoms with Crippen LogP contribution >= 0.6 is 27.3 Å². The molecule has 5 heteroatoms. The molecule has 0 aliphatic rings. The molecule has 0 unspecified atom stereocenters. The smallest absolute Gasteiger partial charge is 0.109 e. The fourth-order valence-electron chi connectivity index (χ4n) is 1.33. The Morgan fingerprint density at radius 1 is 1.56 bits per heavy atom. The Labute approximate surface area is 107 Å². The van der Waals surface area contributed by atoms with Gasteiger partial charge in [0.15, 0.2) is 0 Å². The van der Waals surface area contributed by atoms with Crippen LogP contribution in [0.2, 0.25) is 0 Å². The van der Waals surface area contributed by atoms with Crippen LogP contribution in [0.4, 0.5) is 11.4 Å². The standard InChI is InChI=1S/C11H12BrN3S/c1-7-4-8(5-15-11(7)12)14-6-10-9(13)2-3-16-10/h2-5,14H,6,13H2,1H3. The number of rotatable bonds is 3. The second-order valence-electron chi connectivity index (χ2n) is 3.48. The molecule has 2 heterocycles. The molecule has 0 spiro atoms. The van der Waals surface area contributed by atoms with Crippen molar-refractivity contribution in [2.45, 2.75) is 13.5 Å². The van der Waals surface area contributed by atoms with Crippen molar-refractivity contribution < 1.29 is 0 Å². The van der Waals surface area contributed by atoms with Gasteiger partial charge in [-0.25, -0.2) is 4.98 Å². The number of nitrogens with two attached hydrogens (primary N) is 1. The first-order valence-corrected chi connectivity index (χ1v) is 6.52. The Morgan fingerprint density at radius 2 is 2.38 bits per heavy atom. The Kier molecular flexibility index (Phi) is 3.46. The Bertz CT molecular complexity index is 496. The molecule has 3 nitrogen and oxygen atoms in total. The summed E-state index contributed by atoms with van der Waals surface area (Å²) < 4.78 is 0.883. The number of aryl methyl sites for hydroxylation is 1. The van der Waals surface area contributed by atoms with Gasteiger partial charge >= 0.3 is 0 Å². The summed E-state index contributed by atoms with van der Waals surface area (Å²) in [5.41, 5.74) is 8.78. The van der Waals surface area contributed by atoms with Crippen molar-refractivity contribution in [1.29, 1.82) is 0 Å². The molecule has 0 atom stereocenters. The first kappa shape index (κ1) is 11.4. The molecule has 84 valence electrons. The molecule has 0 bridgehead atoms. The van der Waals surface area contributed by atoms with E-state index in [1.165, 1.54) is 0 Å². The number of halogens is 1. The molecule has 2 aromatic heterocycles. The fourth-order valence-corrected chi connectivity index (χ4v) is 2.29. The largest absolute Gasteiger partial charge is 0.398 e. The molecular weight excluding hydrogens is 286 g/mol. The number of pyridine rings is 1. The molecule has 0 radical (unpaired) electrons. The third kappa shape index (κ3) is 2.54. The molecule has 16 heavy (non-hydrogen) atoms. The lowest BCUT2D eigenvalue weighted by Gasteiger charge is -2.06. The highest BCUT2D eigenvalue weighted by Gasteiger charge is 2.02. The maximum atomic E-state index is 5.81. The number of thiophene rings is 1. The second kappa shape index (κ2) is 4.84. The van der Waals surface area contributed by atoms with E-state index in [1.807, 2.05) is 18.4 Å². The molecule has 3 N–H and O–H groups in total. The molecule has 2 aromatic rings. The summed E-state index contributed by atoms with van der Waals surface area (Å²) in [5, 5.41) is 5.30. The van der Waals surface area contributed by atoms with E-state index in [0.717, 1.165) is 33.0 Å². The van der Waals surface area contributed by atoms with Gasteiger partial charge in [0.05, 0.1) is 18.4 Å². The van der Waals surface area contributed by atoms with Crippen LogP contribution in [0.5, 0.6) is 0 Å². The van der Waals surface area contributed by atoms with Crippen molar-refractivity contribution >= 4 is 38.6 Å². The van der Waals surface area contributed by atoms with Gasteiger partial charge < -0.3 is 11.1 Å². The fraction of sp³-hybridized carbons (Fsp3) is 0.182. The summed E-state index contributed by atoms with van der Waals surface area (Å²) >= 11 is 5.03. The minimum atomic E-state index is 0.742. The third-order valence-electron chi connectivity index (χ3n) is 2.25. The van der Waals surface area contributed by atoms with Crippen molar-refractivity contribution in [2.24, 2.45) is 0 Å². The topological polar surface area (TPSA) is 50.9 Å². The lowest BCUT2D eigenvalue weighted by molar-refractivity contribution is 1.15. The van der Waals surface area contributed by atoms with Crippen LogP contribution in [0.15, 0.2) is 28.3 Å². The summed E-state index contributed by atoms with van der Waals surface area (Å²) in [7, 11) is 0. The molecule has 0 saturated heterocycles. The quantitative estimate of drug-likeness (QED) is 0.854. The van der Waals surface area contributed by atoms with Gasteiger partial charge in [-0.05, 0) is 45.9 Å². The van der Waals surface area contributed by atoms with E-state index >= 15 is 0 Å². The number of nitrogen functional groups attached to an aromatic ring is 1. The first-order valence-electron chi connectivity index (χ1n) is 4.84. The van der Waals surface area contributed by atoms with Crippen LogP contribution < -0.4 is 11.1 Å². The van der Waals surface area contributed by atoms with E-state index in [4.69, 9.17) is 5.73 Å². The highest BCUT2D eigenvalue weighted by atomic mass is 79.9. The lowest BCUT2D eigenvalue weighted by Crippen LogP contribution is -2.00. The minimum Gasteiger partial charge on any atom is -0.398 e. The second-order valence-corrected chi connectivity index (χ2v) is 5.24. The molecule has 0 aliphatic heterocycles. The molecule has 0 fully saturated rings. The van der Waals surface area contributed by atoms with Gasteiger partial charge in [-0.1, -0.05) is 0 Å².